The Labute approximate surface area is 168 Å². The Morgan fingerprint density at radius 2 is 1.62 bits per heavy atom. The lowest BCUT2D eigenvalue weighted by molar-refractivity contribution is -0.123. The second kappa shape index (κ2) is 6.59. The number of rotatable bonds is 3. The molecule has 3 heterocycles. The minimum absolute atomic E-state index is 0.0960. The van der Waals surface area contributed by atoms with Crippen LogP contribution in [-0.4, -0.2) is 41.1 Å². The molecule has 3 aliphatic heterocycles. The molecular weight excluding hydrogens is 371 g/mol. The quantitative estimate of drug-likeness (QED) is 0.595. The largest absolute Gasteiger partial charge is 0.292 e. The summed E-state index contributed by atoms with van der Waals surface area (Å²) >= 11 is 0. The van der Waals surface area contributed by atoms with Gasteiger partial charge in [0.15, 0.2) is 5.78 Å². The zero-order valence-corrected chi connectivity index (χ0v) is 16.0. The van der Waals surface area contributed by atoms with E-state index in [1.54, 1.807) is 12.1 Å². The van der Waals surface area contributed by atoms with Crippen molar-refractivity contribution in [2.45, 2.75) is 31.8 Å². The van der Waals surface area contributed by atoms with Gasteiger partial charge in [0.05, 0.1) is 23.6 Å². The van der Waals surface area contributed by atoms with Crippen molar-refractivity contribution in [3.63, 3.8) is 0 Å². The third-order valence-electron chi connectivity index (χ3n) is 6.54. The fourth-order valence-corrected chi connectivity index (χ4v) is 5.25. The highest BCUT2D eigenvalue weighted by atomic mass is 19.1. The lowest BCUT2D eigenvalue weighted by Gasteiger charge is -2.27. The van der Waals surface area contributed by atoms with Crippen LogP contribution in [0.1, 0.15) is 28.8 Å². The van der Waals surface area contributed by atoms with E-state index in [0.717, 1.165) is 29.8 Å². The summed E-state index contributed by atoms with van der Waals surface area (Å²) in [6.45, 7) is 2.67. The molecule has 0 unspecified atom stereocenters. The first kappa shape index (κ1) is 18.2. The molecule has 2 aromatic rings. The van der Waals surface area contributed by atoms with Crippen LogP contribution in [0.2, 0.25) is 0 Å². The standard InChI is InChI=1S/C23H21FN2O3/c1-13-4-6-14(7-5-13)21(27)20-19-18(17-3-2-12-25(17)20)22(28)26(23(19)29)16-10-8-15(24)9-11-16/h4-11,17-20H,2-3,12H2,1H3/t17-,18-,19-,20-/m1/s1. The summed E-state index contributed by atoms with van der Waals surface area (Å²) < 4.78 is 13.3. The summed E-state index contributed by atoms with van der Waals surface area (Å²) in [7, 11) is 0. The summed E-state index contributed by atoms with van der Waals surface area (Å²) in [6, 6.07) is 12.0. The Hall–Kier alpha value is -2.86. The molecule has 3 saturated heterocycles. The van der Waals surface area contributed by atoms with E-state index in [0.29, 0.717) is 11.3 Å². The van der Waals surface area contributed by atoms with Gasteiger partial charge in [-0.15, -0.1) is 0 Å². The number of Topliss-reactive ketones (excluding diaryl/α,β-unsaturated/α-hetero) is 1. The molecule has 3 fully saturated rings. The smallest absolute Gasteiger partial charge is 0.239 e. The van der Waals surface area contributed by atoms with Crippen LogP contribution in [-0.2, 0) is 9.59 Å². The maximum Gasteiger partial charge on any atom is 0.239 e. The number of hydrogen-bond acceptors (Lipinski definition) is 4. The van der Waals surface area contributed by atoms with Gasteiger partial charge < -0.3 is 0 Å². The molecule has 0 saturated carbocycles. The second-order valence-corrected chi connectivity index (χ2v) is 8.16. The summed E-state index contributed by atoms with van der Waals surface area (Å²) in [6.07, 6.45) is 1.71. The summed E-state index contributed by atoms with van der Waals surface area (Å²) in [5.74, 6) is -2.37. The van der Waals surface area contributed by atoms with E-state index in [4.69, 9.17) is 0 Å². The first-order valence-corrected chi connectivity index (χ1v) is 9.97. The van der Waals surface area contributed by atoms with Crippen molar-refractivity contribution in [3.05, 3.63) is 65.5 Å². The molecule has 29 heavy (non-hydrogen) atoms. The topological polar surface area (TPSA) is 57.7 Å². The van der Waals surface area contributed by atoms with Crippen LogP contribution in [0.4, 0.5) is 10.1 Å². The van der Waals surface area contributed by atoms with Gasteiger partial charge in [0.2, 0.25) is 11.8 Å². The van der Waals surface area contributed by atoms with E-state index in [-0.39, 0.29) is 23.6 Å². The normalized spacial score (nSPS) is 28.7. The molecule has 4 atom stereocenters. The van der Waals surface area contributed by atoms with Crippen molar-refractivity contribution < 1.29 is 18.8 Å². The van der Waals surface area contributed by atoms with Crippen molar-refractivity contribution >= 4 is 23.3 Å². The van der Waals surface area contributed by atoms with Crippen LogP contribution in [0.3, 0.4) is 0 Å². The highest BCUT2D eigenvalue weighted by molar-refractivity contribution is 6.24. The predicted octanol–water partition coefficient (Wildman–Crippen LogP) is 2.97. The van der Waals surface area contributed by atoms with Gasteiger partial charge in [-0.2, -0.15) is 0 Å². The van der Waals surface area contributed by atoms with E-state index >= 15 is 0 Å². The van der Waals surface area contributed by atoms with Gasteiger partial charge in [0.1, 0.15) is 5.82 Å². The average molecular weight is 392 g/mol. The van der Waals surface area contributed by atoms with E-state index in [1.807, 2.05) is 19.1 Å². The molecule has 6 heteroatoms. The van der Waals surface area contributed by atoms with Crippen LogP contribution < -0.4 is 4.90 Å². The molecule has 0 N–H and O–H groups in total. The fourth-order valence-electron chi connectivity index (χ4n) is 5.25. The summed E-state index contributed by atoms with van der Waals surface area (Å²) in [5, 5.41) is 0. The van der Waals surface area contributed by atoms with Crippen LogP contribution in [0.5, 0.6) is 0 Å². The third-order valence-corrected chi connectivity index (χ3v) is 6.54. The predicted molar refractivity (Wildman–Crippen MR) is 105 cm³/mol. The minimum Gasteiger partial charge on any atom is -0.292 e. The summed E-state index contributed by atoms with van der Waals surface area (Å²) in [4.78, 5) is 43.2. The van der Waals surface area contributed by atoms with Gasteiger partial charge in [-0.1, -0.05) is 29.8 Å². The molecule has 2 amide bonds. The van der Waals surface area contributed by atoms with Crippen molar-refractivity contribution in [1.82, 2.24) is 4.90 Å². The van der Waals surface area contributed by atoms with Crippen LogP contribution in [0, 0.1) is 24.6 Å². The fraction of sp³-hybridized carbons (Fsp3) is 0.348. The zero-order chi connectivity index (χ0) is 20.3. The molecule has 0 bridgehead atoms. The number of aryl methyl sites for hydroxylation is 1. The number of fused-ring (bicyclic) bond motifs is 3. The Bertz CT molecular complexity index is 1000. The Kier molecular flexibility index (Phi) is 4.13. The van der Waals surface area contributed by atoms with E-state index in [2.05, 4.69) is 4.90 Å². The number of anilines is 1. The Morgan fingerprint density at radius 1 is 0.966 bits per heavy atom. The lowest BCUT2D eigenvalue weighted by atomic mass is 9.85. The number of hydrogen-bond donors (Lipinski definition) is 0. The van der Waals surface area contributed by atoms with Gasteiger partial charge in [-0.3, -0.25) is 19.3 Å². The minimum atomic E-state index is -0.688. The maximum absolute atomic E-state index is 13.4. The number of imide groups is 1. The first-order chi connectivity index (χ1) is 14.0. The number of benzene rings is 2. The lowest BCUT2D eigenvalue weighted by Crippen LogP contribution is -2.46. The molecule has 2 aromatic carbocycles. The Balaban J connectivity index is 1.54. The van der Waals surface area contributed by atoms with Crippen molar-refractivity contribution in [2.75, 3.05) is 11.4 Å². The average Bonchev–Trinajstić information content (AvgIpc) is 3.35. The second-order valence-electron chi connectivity index (χ2n) is 8.16. The SMILES string of the molecule is Cc1ccc(C(=O)[C@H]2[C@@H]3C(=O)N(c4ccc(F)cc4)C(=O)[C@@H]3[C@H]3CCCN32)cc1. The van der Waals surface area contributed by atoms with Gasteiger partial charge in [-0.05, 0) is 50.6 Å². The number of halogens is 1. The molecule has 0 aliphatic carbocycles. The number of nitrogens with zero attached hydrogens (tertiary/aromatic N) is 2. The molecular formula is C23H21FN2O3. The van der Waals surface area contributed by atoms with Crippen molar-refractivity contribution in [2.24, 2.45) is 11.8 Å². The molecule has 0 radical (unpaired) electrons. The molecule has 0 aromatic heterocycles. The van der Waals surface area contributed by atoms with Crippen LogP contribution in [0.25, 0.3) is 0 Å². The number of carbonyl (C=O) groups is 3. The number of amides is 2. The molecule has 5 rings (SSSR count). The zero-order valence-electron chi connectivity index (χ0n) is 16.0. The van der Waals surface area contributed by atoms with Gasteiger partial charge >= 0.3 is 0 Å². The van der Waals surface area contributed by atoms with Crippen molar-refractivity contribution in [1.29, 1.82) is 0 Å². The molecule has 5 nitrogen and oxygen atoms in total. The van der Waals surface area contributed by atoms with Crippen molar-refractivity contribution in [3.8, 4) is 0 Å². The number of ketones is 1. The van der Waals surface area contributed by atoms with Crippen LogP contribution in [0.15, 0.2) is 48.5 Å². The highest BCUT2D eigenvalue weighted by Gasteiger charge is 2.64. The summed E-state index contributed by atoms with van der Waals surface area (Å²) in [5.41, 5.74) is 1.98. The molecule has 148 valence electrons. The monoisotopic (exact) mass is 392 g/mol. The third kappa shape index (κ3) is 2.66. The van der Waals surface area contributed by atoms with E-state index in [9.17, 15) is 18.8 Å². The van der Waals surface area contributed by atoms with E-state index < -0.39 is 23.7 Å². The molecule has 3 aliphatic rings. The Morgan fingerprint density at radius 3 is 2.31 bits per heavy atom. The van der Waals surface area contributed by atoms with Gasteiger partial charge in [0.25, 0.3) is 0 Å². The van der Waals surface area contributed by atoms with Crippen LogP contribution >= 0.6 is 0 Å². The maximum atomic E-state index is 13.4. The van der Waals surface area contributed by atoms with Gasteiger partial charge in [-0.25, -0.2) is 9.29 Å². The highest BCUT2D eigenvalue weighted by Crippen LogP contribution is 2.48. The van der Waals surface area contributed by atoms with E-state index in [1.165, 1.54) is 24.3 Å². The van der Waals surface area contributed by atoms with Gasteiger partial charge in [0, 0.05) is 11.6 Å². The molecule has 0 spiro atoms. The number of carbonyl (C=O) groups excluding carboxylic acids is 3. The first-order valence-electron chi connectivity index (χ1n) is 9.97.